The van der Waals surface area contributed by atoms with E-state index in [-0.39, 0.29) is 5.60 Å². The number of likely N-dealkylation sites (tertiary alicyclic amines) is 1. The second-order valence-corrected chi connectivity index (χ2v) is 7.82. The first-order chi connectivity index (χ1) is 10.2. The van der Waals surface area contributed by atoms with Crippen molar-refractivity contribution in [3.8, 4) is 5.75 Å². The van der Waals surface area contributed by atoms with Crippen LogP contribution in [0.25, 0.3) is 0 Å². The van der Waals surface area contributed by atoms with Gasteiger partial charge in [-0.3, -0.25) is 4.90 Å². The van der Waals surface area contributed by atoms with Crippen molar-refractivity contribution in [1.82, 2.24) is 9.80 Å². The number of nitrogens with zero attached hydrogens (tertiary/aromatic N) is 2. The predicted molar refractivity (Wildman–Crippen MR) is 93.5 cm³/mol. The molecule has 0 aromatic heterocycles. The third kappa shape index (κ3) is 5.29. The molecule has 0 spiro atoms. The highest BCUT2D eigenvalue weighted by Crippen LogP contribution is 2.24. The van der Waals surface area contributed by atoms with Crippen molar-refractivity contribution in [3.05, 3.63) is 29.3 Å². The van der Waals surface area contributed by atoms with Crippen LogP contribution in [0.5, 0.6) is 5.75 Å². The van der Waals surface area contributed by atoms with Gasteiger partial charge in [0.15, 0.2) is 0 Å². The van der Waals surface area contributed by atoms with E-state index in [0.29, 0.717) is 6.04 Å². The molecule has 3 nitrogen and oxygen atoms in total. The van der Waals surface area contributed by atoms with E-state index in [1.54, 1.807) is 0 Å². The van der Waals surface area contributed by atoms with Crippen LogP contribution in [0, 0.1) is 6.92 Å². The fourth-order valence-corrected chi connectivity index (χ4v) is 3.18. The van der Waals surface area contributed by atoms with Crippen molar-refractivity contribution in [3.63, 3.8) is 0 Å². The summed E-state index contributed by atoms with van der Waals surface area (Å²) in [4.78, 5) is 4.93. The third-order valence-electron chi connectivity index (χ3n) is 4.28. The number of hydrogen-bond donors (Lipinski definition) is 0. The van der Waals surface area contributed by atoms with Gasteiger partial charge in [-0.05, 0) is 91.0 Å². The van der Waals surface area contributed by atoms with E-state index in [4.69, 9.17) is 4.74 Å². The minimum absolute atomic E-state index is 0.148. The Morgan fingerprint density at radius 3 is 2.41 bits per heavy atom. The summed E-state index contributed by atoms with van der Waals surface area (Å²) in [6.45, 7) is 11.9. The van der Waals surface area contributed by atoms with Gasteiger partial charge in [0.25, 0.3) is 0 Å². The van der Waals surface area contributed by atoms with E-state index in [1.807, 2.05) is 0 Å². The monoisotopic (exact) mass is 304 g/mol. The Labute approximate surface area is 136 Å². The van der Waals surface area contributed by atoms with E-state index >= 15 is 0 Å². The summed E-state index contributed by atoms with van der Waals surface area (Å²) in [6, 6.07) is 7.30. The lowest BCUT2D eigenvalue weighted by atomic mass is 10.0. The standard InChI is InChI=1S/C19H32N2O/c1-15-11-16(13-18(12-15)22-19(2,3)4)14-21(6)17-7-9-20(5)10-8-17/h11-13,17H,7-10,14H2,1-6H3. The van der Waals surface area contributed by atoms with Gasteiger partial charge >= 0.3 is 0 Å². The first kappa shape index (κ1) is 17.3. The van der Waals surface area contributed by atoms with Crippen LogP contribution in [-0.4, -0.2) is 48.6 Å². The summed E-state index contributed by atoms with van der Waals surface area (Å²) in [6.07, 6.45) is 2.54. The van der Waals surface area contributed by atoms with Crippen LogP contribution in [0.1, 0.15) is 44.7 Å². The summed E-state index contributed by atoms with van der Waals surface area (Å²) >= 11 is 0. The first-order valence-electron chi connectivity index (χ1n) is 8.41. The van der Waals surface area contributed by atoms with E-state index < -0.39 is 0 Å². The zero-order chi connectivity index (χ0) is 16.3. The molecule has 1 aromatic carbocycles. The van der Waals surface area contributed by atoms with Gasteiger partial charge < -0.3 is 9.64 Å². The van der Waals surface area contributed by atoms with Crippen LogP contribution in [0.4, 0.5) is 0 Å². The van der Waals surface area contributed by atoms with Crippen LogP contribution in [0.15, 0.2) is 18.2 Å². The van der Waals surface area contributed by atoms with Crippen LogP contribution in [-0.2, 0) is 6.54 Å². The number of rotatable bonds is 4. The highest BCUT2D eigenvalue weighted by Gasteiger charge is 2.21. The Kier molecular flexibility index (Phi) is 5.51. The maximum Gasteiger partial charge on any atom is 0.120 e. The van der Waals surface area contributed by atoms with Gasteiger partial charge in [0.1, 0.15) is 11.4 Å². The molecular weight excluding hydrogens is 272 g/mol. The number of ether oxygens (including phenoxy) is 1. The Morgan fingerprint density at radius 1 is 1.18 bits per heavy atom. The lowest BCUT2D eigenvalue weighted by Crippen LogP contribution is -2.41. The van der Waals surface area contributed by atoms with Crippen LogP contribution in [0.3, 0.4) is 0 Å². The minimum Gasteiger partial charge on any atom is -0.488 e. The molecule has 0 saturated carbocycles. The van der Waals surface area contributed by atoms with Crippen molar-refractivity contribution in [2.75, 3.05) is 27.2 Å². The summed E-state index contributed by atoms with van der Waals surface area (Å²) in [5.41, 5.74) is 2.47. The molecule has 0 atom stereocenters. The zero-order valence-electron chi connectivity index (χ0n) is 15.1. The van der Waals surface area contributed by atoms with Gasteiger partial charge in [-0.15, -0.1) is 0 Å². The first-order valence-corrected chi connectivity index (χ1v) is 8.41. The largest absolute Gasteiger partial charge is 0.488 e. The van der Waals surface area contributed by atoms with E-state index in [9.17, 15) is 0 Å². The molecule has 1 aliphatic rings. The molecule has 0 N–H and O–H groups in total. The van der Waals surface area contributed by atoms with Crippen LogP contribution in [0.2, 0.25) is 0 Å². The summed E-state index contributed by atoms with van der Waals surface area (Å²) < 4.78 is 6.04. The van der Waals surface area contributed by atoms with Crippen molar-refractivity contribution < 1.29 is 4.74 Å². The molecule has 0 bridgehead atoms. The molecule has 1 aromatic rings. The Balaban J connectivity index is 2.02. The second-order valence-electron chi connectivity index (χ2n) is 7.82. The van der Waals surface area contributed by atoms with Gasteiger partial charge in [-0.25, -0.2) is 0 Å². The van der Waals surface area contributed by atoms with Crippen molar-refractivity contribution in [2.24, 2.45) is 0 Å². The predicted octanol–water partition coefficient (Wildman–Crippen LogP) is 3.70. The molecule has 3 heteroatoms. The second kappa shape index (κ2) is 7.01. The topological polar surface area (TPSA) is 15.7 Å². The molecule has 124 valence electrons. The van der Waals surface area contributed by atoms with Gasteiger partial charge in [-0.1, -0.05) is 6.07 Å². The Hall–Kier alpha value is -1.06. The van der Waals surface area contributed by atoms with E-state index in [2.05, 4.69) is 69.8 Å². The smallest absolute Gasteiger partial charge is 0.120 e. The van der Waals surface area contributed by atoms with Gasteiger partial charge in [0.05, 0.1) is 0 Å². The van der Waals surface area contributed by atoms with Gasteiger partial charge in [0, 0.05) is 12.6 Å². The SMILES string of the molecule is Cc1cc(CN(C)C2CCN(C)CC2)cc(OC(C)(C)C)c1. The van der Waals surface area contributed by atoms with Crippen molar-refractivity contribution >= 4 is 0 Å². The molecule has 0 aliphatic carbocycles. The maximum atomic E-state index is 6.04. The molecule has 1 aliphatic heterocycles. The summed E-state index contributed by atoms with van der Waals surface area (Å²) in [5.74, 6) is 0.985. The molecule has 0 unspecified atom stereocenters. The summed E-state index contributed by atoms with van der Waals surface area (Å²) in [7, 11) is 4.47. The van der Waals surface area contributed by atoms with E-state index in [1.165, 1.54) is 37.1 Å². The Morgan fingerprint density at radius 2 is 1.82 bits per heavy atom. The number of piperidine rings is 1. The third-order valence-corrected chi connectivity index (χ3v) is 4.28. The van der Waals surface area contributed by atoms with E-state index in [0.717, 1.165) is 12.3 Å². The minimum atomic E-state index is -0.148. The Bertz CT molecular complexity index is 485. The molecule has 2 rings (SSSR count). The summed E-state index contributed by atoms with van der Waals surface area (Å²) in [5, 5.41) is 0. The average molecular weight is 304 g/mol. The average Bonchev–Trinajstić information content (AvgIpc) is 2.36. The normalized spacial score (nSPS) is 18.0. The molecule has 1 saturated heterocycles. The number of benzene rings is 1. The molecule has 0 amide bonds. The fourth-order valence-electron chi connectivity index (χ4n) is 3.18. The lowest BCUT2D eigenvalue weighted by molar-refractivity contribution is 0.129. The van der Waals surface area contributed by atoms with Crippen LogP contribution >= 0.6 is 0 Å². The molecule has 1 fully saturated rings. The fraction of sp³-hybridized carbons (Fsp3) is 0.684. The maximum absolute atomic E-state index is 6.04. The lowest BCUT2D eigenvalue weighted by Gasteiger charge is -2.35. The zero-order valence-corrected chi connectivity index (χ0v) is 15.1. The highest BCUT2D eigenvalue weighted by atomic mass is 16.5. The van der Waals surface area contributed by atoms with Gasteiger partial charge in [-0.2, -0.15) is 0 Å². The quantitative estimate of drug-likeness (QED) is 0.843. The molecule has 1 heterocycles. The molecular formula is C19H32N2O. The van der Waals surface area contributed by atoms with Gasteiger partial charge in [0.2, 0.25) is 0 Å². The number of aryl methyl sites for hydroxylation is 1. The molecule has 22 heavy (non-hydrogen) atoms. The van der Waals surface area contributed by atoms with Crippen LogP contribution < -0.4 is 4.74 Å². The number of hydrogen-bond acceptors (Lipinski definition) is 3. The molecule has 0 radical (unpaired) electrons. The van der Waals surface area contributed by atoms with Crippen molar-refractivity contribution in [1.29, 1.82) is 0 Å². The van der Waals surface area contributed by atoms with Crippen molar-refractivity contribution in [2.45, 2.75) is 58.7 Å². The highest BCUT2D eigenvalue weighted by molar-refractivity contribution is 5.34.